The van der Waals surface area contributed by atoms with Crippen molar-refractivity contribution in [2.45, 2.75) is 57.0 Å². The Morgan fingerprint density at radius 2 is 1.57 bits per heavy atom. The van der Waals surface area contributed by atoms with Crippen molar-refractivity contribution in [1.29, 1.82) is 0 Å². The zero-order chi connectivity index (χ0) is 11.4. The summed E-state index contributed by atoms with van der Waals surface area (Å²) in [6.45, 7) is 6.01. The zero-order valence-corrected chi connectivity index (χ0v) is 8.83. The van der Waals surface area contributed by atoms with Gasteiger partial charge in [0, 0.05) is 6.42 Å². The van der Waals surface area contributed by atoms with Gasteiger partial charge >= 0.3 is 6.18 Å². The van der Waals surface area contributed by atoms with Crippen LogP contribution in [0.15, 0.2) is 0 Å². The second kappa shape index (κ2) is 2.64. The smallest absolute Gasteiger partial charge is 0.367 e. The van der Waals surface area contributed by atoms with Crippen LogP contribution in [0.2, 0.25) is 0 Å². The SMILES string of the molecule is CC1(C)CC(N)(C(F)(F)F)C(C)(C)O1. The number of nitrogens with two attached hydrogens (primary N) is 1. The van der Waals surface area contributed by atoms with E-state index in [1.807, 2.05) is 0 Å². The highest BCUT2D eigenvalue weighted by Crippen LogP contribution is 2.50. The Bertz CT molecular complexity index is 247. The summed E-state index contributed by atoms with van der Waals surface area (Å²) in [5.74, 6) is 0. The fraction of sp³-hybridized carbons (Fsp3) is 1.00. The van der Waals surface area contributed by atoms with Crippen LogP contribution in [0, 0.1) is 0 Å². The molecule has 0 aromatic heterocycles. The van der Waals surface area contributed by atoms with Gasteiger partial charge in [-0.3, -0.25) is 0 Å². The Morgan fingerprint density at radius 3 is 1.71 bits per heavy atom. The number of ether oxygens (including phenoxy) is 1. The molecule has 1 saturated heterocycles. The predicted molar refractivity (Wildman–Crippen MR) is 46.8 cm³/mol. The van der Waals surface area contributed by atoms with Crippen LogP contribution in [0.25, 0.3) is 0 Å². The third-order valence-corrected chi connectivity index (χ3v) is 2.82. The molecule has 0 aromatic carbocycles. The molecule has 1 aliphatic heterocycles. The van der Waals surface area contributed by atoms with Crippen LogP contribution in [0.3, 0.4) is 0 Å². The standard InChI is InChI=1S/C9H16F3NO/c1-6(2)5-8(13,9(10,11)12)7(3,4)14-6/h5,13H2,1-4H3. The van der Waals surface area contributed by atoms with Crippen LogP contribution in [0.4, 0.5) is 13.2 Å². The molecule has 0 amide bonds. The van der Waals surface area contributed by atoms with E-state index in [0.717, 1.165) is 0 Å². The van der Waals surface area contributed by atoms with Crippen molar-refractivity contribution >= 4 is 0 Å². The fourth-order valence-corrected chi connectivity index (χ4v) is 2.14. The van der Waals surface area contributed by atoms with Crippen molar-refractivity contribution in [1.82, 2.24) is 0 Å². The average molecular weight is 211 g/mol. The highest BCUT2D eigenvalue weighted by Gasteiger charge is 2.68. The van der Waals surface area contributed by atoms with Crippen molar-refractivity contribution in [3.05, 3.63) is 0 Å². The van der Waals surface area contributed by atoms with Gasteiger partial charge in [0.2, 0.25) is 0 Å². The van der Waals surface area contributed by atoms with E-state index in [0.29, 0.717) is 0 Å². The molecule has 0 radical (unpaired) electrons. The maximum atomic E-state index is 12.8. The van der Waals surface area contributed by atoms with Gasteiger partial charge in [0.1, 0.15) is 5.54 Å². The molecule has 5 heteroatoms. The first-order valence-electron chi connectivity index (χ1n) is 4.47. The van der Waals surface area contributed by atoms with Gasteiger partial charge in [-0.25, -0.2) is 0 Å². The molecule has 0 aromatic rings. The van der Waals surface area contributed by atoms with Crippen LogP contribution < -0.4 is 5.73 Å². The first kappa shape index (κ1) is 11.8. The summed E-state index contributed by atoms with van der Waals surface area (Å²) >= 11 is 0. The summed E-state index contributed by atoms with van der Waals surface area (Å²) in [5, 5.41) is 0. The van der Waals surface area contributed by atoms with Crippen LogP contribution in [0.5, 0.6) is 0 Å². The van der Waals surface area contributed by atoms with Gasteiger partial charge < -0.3 is 10.5 Å². The quantitative estimate of drug-likeness (QED) is 0.666. The molecule has 2 N–H and O–H groups in total. The number of halogens is 3. The monoisotopic (exact) mass is 211 g/mol. The van der Waals surface area contributed by atoms with Crippen LogP contribution in [0.1, 0.15) is 34.1 Å². The number of rotatable bonds is 0. The van der Waals surface area contributed by atoms with Crippen LogP contribution in [-0.2, 0) is 4.74 Å². The maximum Gasteiger partial charge on any atom is 0.409 e. The topological polar surface area (TPSA) is 35.2 Å². The molecule has 0 aliphatic carbocycles. The fourth-order valence-electron chi connectivity index (χ4n) is 2.14. The van der Waals surface area contributed by atoms with E-state index in [-0.39, 0.29) is 6.42 Å². The number of hydrogen-bond donors (Lipinski definition) is 1. The Kier molecular flexibility index (Phi) is 2.22. The van der Waals surface area contributed by atoms with E-state index in [1.54, 1.807) is 13.8 Å². The molecule has 14 heavy (non-hydrogen) atoms. The minimum absolute atomic E-state index is 0.212. The lowest BCUT2D eigenvalue weighted by Crippen LogP contribution is -2.63. The molecule has 1 heterocycles. The number of alkyl halides is 3. The molecule has 1 atom stereocenters. The molecule has 0 saturated carbocycles. The molecule has 0 spiro atoms. The largest absolute Gasteiger partial charge is 0.409 e. The predicted octanol–water partition coefficient (Wildman–Crippen LogP) is 2.22. The summed E-state index contributed by atoms with van der Waals surface area (Å²) < 4.78 is 43.7. The first-order valence-corrected chi connectivity index (χ1v) is 4.47. The third-order valence-electron chi connectivity index (χ3n) is 2.82. The maximum absolute atomic E-state index is 12.8. The van der Waals surface area contributed by atoms with E-state index >= 15 is 0 Å². The molecule has 84 valence electrons. The van der Waals surface area contributed by atoms with Gasteiger partial charge in [-0.05, 0) is 27.7 Å². The molecular weight excluding hydrogens is 195 g/mol. The van der Waals surface area contributed by atoms with Gasteiger partial charge in [0.25, 0.3) is 0 Å². The van der Waals surface area contributed by atoms with E-state index in [1.165, 1.54) is 13.8 Å². The molecule has 1 aliphatic rings. The van der Waals surface area contributed by atoms with Crippen molar-refractivity contribution in [3.8, 4) is 0 Å². The molecule has 1 unspecified atom stereocenters. The van der Waals surface area contributed by atoms with E-state index in [4.69, 9.17) is 10.5 Å². The molecule has 0 bridgehead atoms. The molecule has 1 rings (SSSR count). The summed E-state index contributed by atoms with van der Waals surface area (Å²) in [7, 11) is 0. The lowest BCUT2D eigenvalue weighted by atomic mass is 9.79. The van der Waals surface area contributed by atoms with Crippen molar-refractivity contribution in [3.63, 3.8) is 0 Å². The van der Waals surface area contributed by atoms with Crippen molar-refractivity contribution in [2.24, 2.45) is 5.73 Å². The van der Waals surface area contributed by atoms with Gasteiger partial charge in [-0.2, -0.15) is 13.2 Å². The highest BCUT2D eigenvalue weighted by atomic mass is 19.4. The Labute approximate surface area is 81.6 Å². The van der Waals surface area contributed by atoms with E-state index in [2.05, 4.69) is 0 Å². The lowest BCUT2D eigenvalue weighted by Gasteiger charge is -2.37. The first-order chi connectivity index (χ1) is 5.91. The minimum Gasteiger partial charge on any atom is -0.367 e. The summed E-state index contributed by atoms with van der Waals surface area (Å²) in [5.41, 5.74) is 0.973. The van der Waals surface area contributed by atoms with Crippen molar-refractivity contribution in [2.75, 3.05) is 0 Å². The number of hydrogen-bond acceptors (Lipinski definition) is 2. The summed E-state index contributed by atoms with van der Waals surface area (Å²) in [6.07, 6.45) is -4.65. The molecule has 2 nitrogen and oxygen atoms in total. The zero-order valence-electron chi connectivity index (χ0n) is 8.83. The third kappa shape index (κ3) is 1.52. The van der Waals surface area contributed by atoms with Crippen molar-refractivity contribution < 1.29 is 17.9 Å². The Balaban J connectivity index is 3.12. The highest BCUT2D eigenvalue weighted by molar-refractivity contribution is 5.13. The average Bonchev–Trinajstić information content (AvgIpc) is 1.94. The summed E-state index contributed by atoms with van der Waals surface area (Å²) in [6, 6.07) is 0. The summed E-state index contributed by atoms with van der Waals surface area (Å²) in [4.78, 5) is 0. The van der Waals surface area contributed by atoms with Gasteiger partial charge in [0.15, 0.2) is 0 Å². The second-order valence-electron chi connectivity index (χ2n) is 5.02. The van der Waals surface area contributed by atoms with Gasteiger partial charge in [-0.15, -0.1) is 0 Å². The normalized spacial score (nSPS) is 36.0. The Morgan fingerprint density at radius 1 is 1.14 bits per heavy atom. The van der Waals surface area contributed by atoms with E-state index < -0.39 is 22.9 Å². The van der Waals surface area contributed by atoms with Gasteiger partial charge in [0.05, 0.1) is 11.2 Å². The Hall–Kier alpha value is -0.290. The van der Waals surface area contributed by atoms with Gasteiger partial charge in [-0.1, -0.05) is 0 Å². The van der Waals surface area contributed by atoms with Crippen LogP contribution in [-0.4, -0.2) is 22.9 Å². The molecular formula is C9H16F3NO. The second-order valence-corrected chi connectivity index (χ2v) is 5.02. The molecule has 1 fully saturated rings. The lowest BCUT2D eigenvalue weighted by molar-refractivity contribution is -0.217. The van der Waals surface area contributed by atoms with E-state index in [9.17, 15) is 13.2 Å². The minimum atomic E-state index is -4.44. The van der Waals surface area contributed by atoms with Crippen LogP contribution >= 0.6 is 0 Å².